The maximum atomic E-state index is 5.40. The van der Waals surface area contributed by atoms with E-state index in [9.17, 15) is 0 Å². The third-order valence-electron chi connectivity index (χ3n) is 4.40. The van der Waals surface area contributed by atoms with E-state index in [2.05, 4.69) is 9.97 Å². The molecular formula is C16H28N4O2S2+2. The molecule has 8 heteroatoms. The molecule has 2 aliphatic heterocycles. The monoisotopic (exact) mass is 372 g/mol. The predicted octanol–water partition coefficient (Wildman–Crippen LogP) is -1.51. The molecule has 3 rings (SSSR count). The minimum atomic E-state index is 0.897. The standard InChI is InChI=1S/C16H26N4O2S2/c1-2-17-16(24-14-8-20-5-11-22-12-6-20)18-15(1)23-13-7-19-3-9-21-10-4-19/h1-2H,3-14H2/p+2. The fourth-order valence-corrected chi connectivity index (χ4v) is 4.72. The van der Waals surface area contributed by atoms with Gasteiger partial charge in [-0.15, -0.1) is 11.8 Å². The number of quaternary nitrogens is 2. The van der Waals surface area contributed by atoms with Gasteiger partial charge in [0, 0.05) is 11.9 Å². The quantitative estimate of drug-likeness (QED) is 0.329. The van der Waals surface area contributed by atoms with Crippen molar-refractivity contribution in [1.29, 1.82) is 0 Å². The van der Waals surface area contributed by atoms with Gasteiger partial charge in [-0.2, -0.15) is 0 Å². The Balaban J connectivity index is 1.35. The van der Waals surface area contributed by atoms with Crippen LogP contribution in [0.5, 0.6) is 0 Å². The van der Waals surface area contributed by atoms with E-state index in [0.29, 0.717) is 0 Å². The molecule has 1 aromatic heterocycles. The number of morpholine rings is 2. The van der Waals surface area contributed by atoms with E-state index in [1.807, 2.05) is 24.0 Å². The van der Waals surface area contributed by atoms with Crippen molar-refractivity contribution >= 4 is 23.5 Å². The van der Waals surface area contributed by atoms with Crippen LogP contribution in [-0.2, 0) is 9.47 Å². The molecule has 2 aliphatic rings. The van der Waals surface area contributed by atoms with Crippen molar-refractivity contribution in [2.24, 2.45) is 0 Å². The molecule has 2 N–H and O–H groups in total. The molecular weight excluding hydrogens is 344 g/mol. The number of nitrogens with one attached hydrogen (secondary N) is 2. The van der Waals surface area contributed by atoms with Gasteiger partial charge in [0.25, 0.3) is 0 Å². The van der Waals surface area contributed by atoms with Gasteiger partial charge in [-0.05, 0) is 6.07 Å². The number of ether oxygens (including phenoxy) is 2. The largest absolute Gasteiger partial charge is 0.370 e. The van der Waals surface area contributed by atoms with Crippen LogP contribution in [0.1, 0.15) is 0 Å². The third kappa shape index (κ3) is 6.50. The van der Waals surface area contributed by atoms with Crippen LogP contribution in [0.25, 0.3) is 0 Å². The lowest BCUT2D eigenvalue weighted by molar-refractivity contribution is -0.905. The highest BCUT2D eigenvalue weighted by Gasteiger charge is 2.14. The highest BCUT2D eigenvalue weighted by molar-refractivity contribution is 7.99. The molecule has 0 aliphatic carbocycles. The van der Waals surface area contributed by atoms with E-state index in [1.54, 1.807) is 21.6 Å². The number of thioether (sulfide) groups is 2. The molecule has 1 aromatic rings. The molecule has 0 aromatic carbocycles. The number of hydrogen-bond donors (Lipinski definition) is 2. The molecule has 134 valence electrons. The Morgan fingerprint density at radius 3 is 2.08 bits per heavy atom. The molecule has 0 amide bonds. The van der Waals surface area contributed by atoms with Crippen LogP contribution < -0.4 is 9.80 Å². The second-order valence-corrected chi connectivity index (χ2v) is 8.28. The SMILES string of the molecule is c1cc(SCC[NH+]2CCOCC2)nc(SCC[NH+]2CCOCC2)n1. The highest BCUT2D eigenvalue weighted by Crippen LogP contribution is 2.18. The summed E-state index contributed by atoms with van der Waals surface area (Å²) < 4.78 is 10.8. The fourth-order valence-electron chi connectivity index (χ4n) is 2.88. The smallest absolute Gasteiger partial charge is 0.188 e. The minimum absolute atomic E-state index is 0.897. The van der Waals surface area contributed by atoms with Crippen LogP contribution >= 0.6 is 23.5 Å². The van der Waals surface area contributed by atoms with Crippen LogP contribution in [0.4, 0.5) is 0 Å². The predicted molar refractivity (Wildman–Crippen MR) is 96.2 cm³/mol. The topological polar surface area (TPSA) is 53.1 Å². The second-order valence-electron chi connectivity index (χ2n) is 6.10. The minimum Gasteiger partial charge on any atom is -0.370 e. The van der Waals surface area contributed by atoms with Gasteiger partial charge in [-0.1, -0.05) is 11.8 Å². The van der Waals surface area contributed by atoms with Gasteiger partial charge in [-0.25, -0.2) is 9.97 Å². The molecule has 2 saturated heterocycles. The maximum Gasteiger partial charge on any atom is 0.188 e. The van der Waals surface area contributed by atoms with Crippen molar-refractivity contribution in [1.82, 2.24) is 9.97 Å². The molecule has 2 fully saturated rings. The average molecular weight is 373 g/mol. The van der Waals surface area contributed by atoms with Gasteiger partial charge in [0.2, 0.25) is 0 Å². The Morgan fingerprint density at radius 2 is 1.46 bits per heavy atom. The molecule has 0 atom stereocenters. The van der Waals surface area contributed by atoms with E-state index in [0.717, 1.165) is 80.8 Å². The van der Waals surface area contributed by atoms with Gasteiger partial charge in [0.15, 0.2) is 5.16 Å². The van der Waals surface area contributed by atoms with Crippen molar-refractivity contribution in [2.45, 2.75) is 10.2 Å². The fraction of sp³-hybridized carbons (Fsp3) is 0.750. The lowest BCUT2D eigenvalue weighted by Gasteiger charge is -2.23. The summed E-state index contributed by atoms with van der Waals surface area (Å²) in [7, 11) is 0. The zero-order valence-electron chi connectivity index (χ0n) is 14.2. The maximum absolute atomic E-state index is 5.40. The summed E-state index contributed by atoms with van der Waals surface area (Å²) in [5, 5.41) is 2.00. The summed E-state index contributed by atoms with van der Waals surface area (Å²) in [6, 6.07) is 2.02. The molecule has 0 bridgehead atoms. The molecule has 0 spiro atoms. The van der Waals surface area contributed by atoms with Crippen LogP contribution in [-0.4, -0.2) is 87.2 Å². The first-order valence-corrected chi connectivity index (χ1v) is 10.8. The zero-order chi connectivity index (χ0) is 16.5. The summed E-state index contributed by atoms with van der Waals surface area (Å²) in [6.45, 7) is 10.5. The summed E-state index contributed by atoms with van der Waals surface area (Å²) in [5.41, 5.74) is 0. The Labute approximate surface area is 152 Å². The van der Waals surface area contributed by atoms with Crippen LogP contribution in [0.15, 0.2) is 22.4 Å². The third-order valence-corrected chi connectivity index (χ3v) is 6.19. The van der Waals surface area contributed by atoms with Gasteiger partial charge in [-0.3, -0.25) is 0 Å². The van der Waals surface area contributed by atoms with Crippen molar-refractivity contribution in [3.8, 4) is 0 Å². The summed E-state index contributed by atoms with van der Waals surface area (Å²) in [6.07, 6.45) is 1.89. The molecule has 0 saturated carbocycles. The first kappa shape index (κ1) is 18.4. The van der Waals surface area contributed by atoms with E-state index in [1.165, 1.54) is 6.54 Å². The van der Waals surface area contributed by atoms with Crippen LogP contribution in [0, 0.1) is 0 Å². The number of nitrogens with zero attached hydrogens (tertiary/aromatic N) is 2. The Bertz CT molecular complexity index is 444. The Morgan fingerprint density at radius 1 is 0.875 bits per heavy atom. The van der Waals surface area contributed by atoms with E-state index >= 15 is 0 Å². The first-order valence-electron chi connectivity index (χ1n) is 8.81. The number of aromatic nitrogens is 2. The Hall–Kier alpha value is -0.380. The summed E-state index contributed by atoms with van der Waals surface area (Å²) >= 11 is 3.61. The van der Waals surface area contributed by atoms with Gasteiger partial charge in [0.05, 0.1) is 45.3 Å². The first-order chi connectivity index (χ1) is 11.9. The van der Waals surface area contributed by atoms with Gasteiger partial charge < -0.3 is 19.3 Å². The summed E-state index contributed by atoms with van der Waals surface area (Å²) in [4.78, 5) is 12.4. The molecule has 24 heavy (non-hydrogen) atoms. The lowest BCUT2D eigenvalue weighted by Crippen LogP contribution is -3.14. The van der Waals surface area contributed by atoms with Crippen LogP contribution in [0.2, 0.25) is 0 Å². The average Bonchev–Trinajstić information content (AvgIpc) is 2.64. The highest BCUT2D eigenvalue weighted by atomic mass is 32.2. The molecule has 6 nitrogen and oxygen atoms in total. The van der Waals surface area contributed by atoms with Gasteiger partial charge in [0.1, 0.15) is 31.2 Å². The van der Waals surface area contributed by atoms with E-state index in [4.69, 9.17) is 9.47 Å². The van der Waals surface area contributed by atoms with Crippen molar-refractivity contribution in [3.63, 3.8) is 0 Å². The number of rotatable bonds is 8. The van der Waals surface area contributed by atoms with E-state index in [-0.39, 0.29) is 0 Å². The lowest BCUT2D eigenvalue weighted by atomic mass is 10.4. The zero-order valence-corrected chi connectivity index (χ0v) is 15.8. The van der Waals surface area contributed by atoms with Crippen molar-refractivity contribution < 1.29 is 19.3 Å². The Kier molecular flexibility index (Phi) is 8.11. The molecule has 0 unspecified atom stereocenters. The molecule has 3 heterocycles. The van der Waals surface area contributed by atoms with E-state index < -0.39 is 0 Å². The van der Waals surface area contributed by atoms with Crippen molar-refractivity contribution in [2.75, 3.05) is 77.2 Å². The van der Waals surface area contributed by atoms with Gasteiger partial charge >= 0.3 is 0 Å². The summed E-state index contributed by atoms with van der Waals surface area (Å²) in [5.74, 6) is 2.18. The second kappa shape index (κ2) is 10.6. The normalized spacial score (nSPS) is 20.3. The number of hydrogen-bond acceptors (Lipinski definition) is 6. The van der Waals surface area contributed by atoms with Crippen LogP contribution in [0.3, 0.4) is 0 Å². The van der Waals surface area contributed by atoms with Crippen molar-refractivity contribution in [3.05, 3.63) is 12.3 Å². The molecule has 0 radical (unpaired) electrons.